The van der Waals surface area contributed by atoms with Crippen LogP contribution in [0.4, 0.5) is 5.69 Å². The Morgan fingerprint density at radius 3 is 2.21 bits per heavy atom. The number of halogens is 4. The monoisotopic (exact) mass is 497 g/mol. The van der Waals surface area contributed by atoms with Gasteiger partial charge in [0.05, 0.1) is 10.0 Å². The third-order valence-corrected chi connectivity index (χ3v) is 5.67. The third kappa shape index (κ3) is 4.28. The standard InChI is InChI=1S/C17H15Cl3INO2/c1-8-6-11(21)4-5-12(8)22-13(23)7-24-17-15(19)9(2)14(18)10(3)16(17)20/h4-6H,7H2,1-3H3,(H,22,23). The molecule has 0 fully saturated rings. The number of hydrogen-bond acceptors (Lipinski definition) is 2. The van der Waals surface area contributed by atoms with E-state index in [1.807, 2.05) is 25.1 Å². The van der Waals surface area contributed by atoms with Crippen LogP contribution in [-0.2, 0) is 4.79 Å². The molecule has 0 saturated carbocycles. The highest BCUT2D eigenvalue weighted by Gasteiger charge is 2.18. The van der Waals surface area contributed by atoms with Crippen LogP contribution in [0.2, 0.25) is 15.1 Å². The summed E-state index contributed by atoms with van der Waals surface area (Å²) in [5.74, 6) is -0.0242. The second-order valence-corrected chi connectivity index (χ2v) is 7.70. The number of ether oxygens (including phenoxy) is 1. The molecule has 0 aliphatic heterocycles. The van der Waals surface area contributed by atoms with Crippen molar-refractivity contribution in [3.8, 4) is 5.75 Å². The summed E-state index contributed by atoms with van der Waals surface area (Å²) in [6.07, 6.45) is 0. The van der Waals surface area contributed by atoms with E-state index in [9.17, 15) is 4.79 Å². The van der Waals surface area contributed by atoms with Crippen LogP contribution in [0.3, 0.4) is 0 Å². The van der Waals surface area contributed by atoms with Crippen LogP contribution in [0, 0.1) is 24.3 Å². The molecule has 3 nitrogen and oxygen atoms in total. The summed E-state index contributed by atoms with van der Waals surface area (Å²) in [5, 5.41) is 3.93. The molecule has 2 rings (SSSR count). The Balaban J connectivity index is 2.12. The Kier molecular flexibility index (Phi) is 6.65. The second kappa shape index (κ2) is 8.13. The minimum atomic E-state index is -0.295. The van der Waals surface area contributed by atoms with Gasteiger partial charge in [0.1, 0.15) is 0 Å². The van der Waals surface area contributed by atoms with E-state index in [2.05, 4.69) is 27.9 Å². The number of aryl methyl sites for hydroxylation is 1. The zero-order valence-corrected chi connectivity index (χ0v) is 17.7. The molecule has 0 aliphatic rings. The third-order valence-electron chi connectivity index (χ3n) is 3.53. The van der Waals surface area contributed by atoms with E-state index < -0.39 is 0 Å². The van der Waals surface area contributed by atoms with Gasteiger partial charge in [0.2, 0.25) is 0 Å². The van der Waals surface area contributed by atoms with Crippen LogP contribution >= 0.6 is 57.4 Å². The Morgan fingerprint density at radius 2 is 1.67 bits per heavy atom. The summed E-state index contributed by atoms with van der Waals surface area (Å²) in [4.78, 5) is 12.1. The van der Waals surface area contributed by atoms with E-state index in [0.717, 1.165) is 14.8 Å². The molecule has 0 aromatic heterocycles. The molecule has 24 heavy (non-hydrogen) atoms. The van der Waals surface area contributed by atoms with Crippen LogP contribution in [-0.4, -0.2) is 12.5 Å². The van der Waals surface area contributed by atoms with E-state index in [1.165, 1.54) is 0 Å². The lowest BCUT2D eigenvalue weighted by Gasteiger charge is -2.15. The van der Waals surface area contributed by atoms with E-state index in [-0.39, 0.29) is 18.3 Å². The number of nitrogens with one attached hydrogen (secondary N) is 1. The molecule has 1 N–H and O–H groups in total. The predicted molar refractivity (Wildman–Crippen MR) is 109 cm³/mol. The van der Waals surface area contributed by atoms with Crippen LogP contribution in [0.25, 0.3) is 0 Å². The maximum Gasteiger partial charge on any atom is 0.262 e. The van der Waals surface area contributed by atoms with Gasteiger partial charge >= 0.3 is 0 Å². The van der Waals surface area contributed by atoms with Crippen molar-refractivity contribution in [3.05, 3.63) is 53.5 Å². The Morgan fingerprint density at radius 1 is 1.08 bits per heavy atom. The van der Waals surface area contributed by atoms with Gasteiger partial charge in [-0.15, -0.1) is 0 Å². The number of rotatable bonds is 4. The summed E-state index contributed by atoms with van der Waals surface area (Å²) in [6.45, 7) is 5.27. The van der Waals surface area contributed by atoms with Crippen molar-refractivity contribution in [1.82, 2.24) is 0 Å². The number of carbonyl (C=O) groups is 1. The molecular formula is C17H15Cl3INO2. The minimum Gasteiger partial charge on any atom is -0.481 e. The van der Waals surface area contributed by atoms with Crippen molar-refractivity contribution in [2.75, 3.05) is 11.9 Å². The van der Waals surface area contributed by atoms with Crippen molar-refractivity contribution >= 4 is 69.0 Å². The van der Waals surface area contributed by atoms with Crippen molar-refractivity contribution in [2.24, 2.45) is 0 Å². The molecule has 0 heterocycles. The normalized spacial score (nSPS) is 10.6. The van der Waals surface area contributed by atoms with Gasteiger partial charge in [-0.2, -0.15) is 0 Å². The summed E-state index contributed by atoms with van der Waals surface area (Å²) >= 11 is 20.8. The highest BCUT2D eigenvalue weighted by molar-refractivity contribution is 14.1. The van der Waals surface area contributed by atoms with E-state index in [1.54, 1.807) is 13.8 Å². The van der Waals surface area contributed by atoms with Gasteiger partial charge in [0, 0.05) is 14.3 Å². The van der Waals surface area contributed by atoms with Gasteiger partial charge in [0.15, 0.2) is 12.4 Å². The predicted octanol–water partition coefficient (Wildman–Crippen LogP) is 6.19. The first kappa shape index (κ1) is 19.6. The average Bonchev–Trinajstić information content (AvgIpc) is 2.53. The van der Waals surface area contributed by atoms with Crippen LogP contribution in [0.15, 0.2) is 18.2 Å². The fourth-order valence-electron chi connectivity index (χ4n) is 2.13. The van der Waals surface area contributed by atoms with E-state index >= 15 is 0 Å². The maximum atomic E-state index is 12.1. The van der Waals surface area contributed by atoms with Gasteiger partial charge in [0.25, 0.3) is 5.91 Å². The number of amides is 1. The molecule has 2 aromatic rings. The molecule has 0 radical (unpaired) electrons. The minimum absolute atomic E-state index is 0.203. The first-order valence-electron chi connectivity index (χ1n) is 7.04. The first-order chi connectivity index (χ1) is 11.2. The molecule has 0 unspecified atom stereocenters. The smallest absolute Gasteiger partial charge is 0.262 e. The lowest BCUT2D eigenvalue weighted by atomic mass is 10.1. The average molecular weight is 499 g/mol. The molecule has 0 atom stereocenters. The van der Waals surface area contributed by atoms with Gasteiger partial charge in [-0.3, -0.25) is 4.79 Å². The van der Waals surface area contributed by atoms with Crippen LogP contribution < -0.4 is 10.1 Å². The second-order valence-electron chi connectivity index (χ2n) is 5.32. The first-order valence-corrected chi connectivity index (χ1v) is 9.26. The molecule has 0 saturated heterocycles. The summed E-state index contributed by atoms with van der Waals surface area (Å²) in [5.41, 5.74) is 3.06. The molecule has 128 valence electrons. The fourth-order valence-corrected chi connectivity index (χ4v) is 3.60. The largest absolute Gasteiger partial charge is 0.481 e. The maximum absolute atomic E-state index is 12.1. The topological polar surface area (TPSA) is 38.3 Å². The molecular weight excluding hydrogens is 483 g/mol. The van der Waals surface area contributed by atoms with Gasteiger partial charge in [-0.05, 0) is 78.3 Å². The summed E-state index contributed by atoms with van der Waals surface area (Å²) in [6, 6.07) is 5.76. The Bertz CT molecular complexity index is 780. The van der Waals surface area contributed by atoms with Crippen molar-refractivity contribution in [3.63, 3.8) is 0 Å². The summed E-state index contributed by atoms with van der Waals surface area (Å²) < 4.78 is 6.65. The molecule has 0 aliphatic carbocycles. The quantitative estimate of drug-likeness (QED) is 0.510. The highest BCUT2D eigenvalue weighted by atomic mass is 127. The number of carbonyl (C=O) groups excluding carboxylic acids is 1. The molecule has 0 spiro atoms. The van der Waals surface area contributed by atoms with Gasteiger partial charge in [-0.1, -0.05) is 34.8 Å². The lowest BCUT2D eigenvalue weighted by molar-refractivity contribution is -0.118. The SMILES string of the molecule is Cc1cc(I)ccc1NC(=O)COc1c(Cl)c(C)c(Cl)c(C)c1Cl. The molecule has 0 bridgehead atoms. The summed E-state index contributed by atoms with van der Waals surface area (Å²) in [7, 11) is 0. The number of benzene rings is 2. The van der Waals surface area contributed by atoms with Crippen molar-refractivity contribution in [1.29, 1.82) is 0 Å². The van der Waals surface area contributed by atoms with Crippen molar-refractivity contribution < 1.29 is 9.53 Å². The van der Waals surface area contributed by atoms with Crippen molar-refractivity contribution in [2.45, 2.75) is 20.8 Å². The number of hydrogen-bond donors (Lipinski definition) is 1. The van der Waals surface area contributed by atoms with Crippen LogP contribution in [0.5, 0.6) is 5.75 Å². The molecule has 2 aromatic carbocycles. The molecule has 7 heteroatoms. The van der Waals surface area contributed by atoms with Crippen LogP contribution in [0.1, 0.15) is 16.7 Å². The van der Waals surface area contributed by atoms with E-state index in [0.29, 0.717) is 26.2 Å². The Labute approximate surface area is 169 Å². The Hall–Kier alpha value is -0.690. The molecule has 1 amide bonds. The fraction of sp³-hybridized carbons (Fsp3) is 0.235. The van der Waals surface area contributed by atoms with Gasteiger partial charge in [-0.25, -0.2) is 0 Å². The van der Waals surface area contributed by atoms with E-state index in [4.69, 9.17) is 39.5 Å². The lowest BCUT2D eigenvalue weighted by Crippen LogP contribution is -2.21. The zero-order chi connectivity index (χ0) is 18.0. The number of anilines is 1. The van der Waals surface area contributed by atoms with Gasteiger partial charge < -0.3 is 10.1 Å². The zero-order valence-electron chi connectivity index (χ0n) is 13.3. The highest BCUT2D eigenvalue weighted by Crippen LogP contribution is 2.42.